The Morgan fingerprint density at radius 2 is 2.31 bits per heavy atom. The second-order valence-corrected chi connectivity index (χ2v) is 4.01. The van der Waals surface area contributed by atoms with Crippen LogP contribution in [0.25, 0.3) is 0 Å². The van der Waals surface area contributed by atoms with Crippen LogP contribution in [-0.2, 0) is 6.61 Å². The highest BCUT2D eigenvalue weighted by Gasteiger charge is 2.07. The average molecular weight is 287 g/mol. The lowest BCUT2D eigenvalue weighted by molar-refractivity contribution is 0.272. The lowest BCUT2D eigenvalue weighted by Gasteiger charge is -2.04. The summed E-state index contributed by atoms with van der Waals surface area (Å²) in [5.41, 5.74) is 0. The van der Waals surface area contributed by atoms with Crippen LogP contribution in [0.1, 0.15) is 11.7 Å². The highest BCUT2D eigenvalue weighted by Crippen LogP contribution is 2.22. The Labute approximate surface area is 99.5 Å². The Hall–Kier alpha value is -1.43. The second-order valence-electron chi connectivity index (χ2n) is 3.09. The van der Waals surface area contributed by atoms with Gasteiger partial charge in [-0.25, -0.2) is 4.39 Å². The van der Waals surface area contributed by atoms with Gasteiger partial charge in [0.2, 0.25) is 11.7 Å². The minimum absolute atomic E-state index is 0.0741. The number of hydrogen-bond acceptors (Lipinski definition) is 4. The van der Waals surface area contributed by atoms with Gasteiger partial charge in [-0.05, 0) is 18.2 Å². The molecule has 0 amide bonds. The first-order chi connectivity index (χ1) is 7.65. The number of aromatic nitrogens is 2. The van der Waals surface area contributed by atoms with Crippen LogP contribution >= 0.6 is 15.9 Å². The highest BCUT2D eigenvalue weighted by molar-refractivity contribution is 9.10. The molecular weight excluding hydrogens is 279 g/mol. The topological polar surface area (TPSA) is 48.2 Å². The van der Waals surface area contributed by atoms with Crippen LogP contribution in [0.3, 0.4) is 0 Å². The number of nitrogens with zero attached hydrogens (tertiary/aromatic N) is 2. The van der Waals surface area contributed by atoms with Crippen LogP contribution in [0.15, 0.2) is 27.2 Å². The quantitative estimate of drug-likeness (QED) is 0.871. The summed E-state index contributed by atoms with van der Waals surface area (Å²) < 4.78 is 24.0. The van der Waals surface area contributed by atoms with E-state index >= 15 is 0 Å². The molecule has 0 aliphatic rings. The monoisotopic (exact) mass is 286 g/mol. The van der Waals surface area contributed by atoms with E-state index in [1.165, 1.54) is 6.07 Å². The Morgan fingerprint density at radius 3 is 3.00 bits per heavy atom. The van der Waals surface area contributed by atoms with E-state index in [1.807, 2.05) is 0 Å². The Kier molecular flexibility index (Phi) is 3.19. The molecule has 6 heteroatoms. The minimum Gasteiger partial charge on any atom is -0.482 e. The SMILES string of the molecule is Cc1nc(COc2cc(Br)ccc2F)no1. The standard InChI is InChI=1S/C10H8BrFN2O2/c1-6-13-10(14-16-6)5-15-9-4-7(11)2-3-8(9)12/h2-4H,5H2,1H3. The number of ether oxygens (including phenoxy) is 1. The molecule has 0 radical (unpaired) electrons. The van der Waals surface area contributed by atoms with Crippen molar-refractivity contribution in [3.05, 3.63) is 40.2 Å². The van der Waals surface area contributed by atoms with Gasteiger partial charge in [0.05, 0.1) is 0 Å². The average Bonchev–Trinajstić information content (AvgIpc) is 2.66. The molecule has 0 aliphatic heterocycles. The van der Waals surface area contributed by atoms with Gasteiger partial charge in [0.25, 0.3) is 0 Å². The Balaban J connectivity index is 2.07. The van der Waals surface area contributed by atoms with Gasteiger partial charge in [-0.3, -0.25) is 0 Å². The zero-order chi connectivity index (χ0) is 11.5. The molecule has 2 aromatic rings. The second kappa shape index (κ2) is 4.61. The number of hydrogen-bond donors (Lipinski definition) is 0. The number of halogens is 2. The van der Waals surface area contributed by atoms with Crippen molar-refractivity contribution in [3.63, 3.8) is 0 Å². The van der Waals surface area contributed by atoms with Gasteiger partial charge in [-0.1, -0.05) is 21.1 Å². The van der Waals surface area contributed by atoms with Crippen molar-refractivity contribution in [2.45, 2.75) is 13.5 Å². The van der Waals surface area contributed by atoms with Gasteiger partial charge < -0.3 is 9.26 Å². The molecule has 1 heterocycles. The molecule has 0 unspecified atom stereocenters. The fraction of sp³-hybridized carbons (Fsp3) is 0.200. The van der Waals surface area contributed by atoms with Gasteiger partial charge in [0, 0.05) is 11.4 Å². The van der Waals surface area contributed by atoms with E-state index in [9.17, 15) is 4.39 Å². The van der Waals surface area contributed by atoms with Crippen LogP contribution in [0.5, 0.6) is 5.75 Å². The van der Waals surface area contributed by atoms with Gasteiger partial charge in [-0.2, -0.15) is 4.98 Å². The van der Waals surface area contributed by atoms with Crippen molar-refractivity contribution >= 4 is 15.9 Å². The molecule has 0 aliphatic carbocycles. The predicted molar refractivity (Wildman–Crippen MR) is 57.5 cm³/mol. The molecule has 0 N–H and O–H groups in total. The summed E-state index contributed by atoms with van der Waals surface area (Å²) in [7, 11) is 0. The van der Waals surface area contributed by atoms with Gasteiger partial charge in [0.15, 0.2) is 18.2 Å². The smallest absolute Gasteiger partial charge is 0.223 e. The molecule has 0 atom stereocenters. The van der Waals surface area contributed by atoms with Crippen LogP contribution < -0.4 is 4.74 Å². The van der Waals surface area contributed by atoms with Crippen LogP contribution in [0.2, 0.25) is 0 Å². The third-order valence-electron chi connectivity index (χ3n) is 1.82. The first-order valence-electron chi connectivity index (χ1n) is 4.52. The number of rotatable bonds is 3. The molecule has 0 bridgehead atoms. The van der Waals surface area contributed by atoms with Crippen molar-refractivity contribution in [3.8, 4) is 5.75 Å². The fourth-order valence-electron chi connectivity index (χ4n) is 1.13. The molecular formula is C10H8BrFN2O2. The van der Waals surface area contributed by atoms with E-state index in [0.717, 1.165) is 4.47 Å². The van der Waals surface area contributed by atoms with E-state index < -0.39 is 5.82 Å². The molecule has 0 spiro atoms. The van der Waals surface area contributed by atoms with E-state index in [-0.39, 0.29) is 12.4 Å². The molecule has 0 saturated heterocycles. The maximum Gasteiger partial charge on any atom is 0.223 e. The lowest BCUT2D eigenvalue weighted by Crippen LogP contribution is -1.99. The maximum absolute atomic E-state index is 13.3. The third kappa shape index (κ3) is 2.57. The molecule has 1 aromatic carbocycles. The fourth-order valence-corrected chi connectivity index (χ4v) is 1.47. The third-order valence-corrected chi connectivity index (χ3v) is 2.31. The van der Waals surface area contributed by atoms with Crippen molar-refractivity contribution in [1.29, 1.82) is 0 Å². The summed E-state index contributed by atoms with van der Waals surface area (Å²) in [6, 6.07) is 4.46. The zero-order valence-corrected chi connectivity index (χ0v) is 9.99. The highest BCUT2D eigenvalue weighted by atomic mass is 79.9. The van der Waals surface area contributed by atoms with Gasteiger partial charge in [0.1, 0.15) is 0 Å². The van der Waals surface area contributed by atoms with Crippen LogP contribution in [-0.4, -0.2) is 10.1 Å². The zero-order valence-electron chi connectivity index (χ0n) is 8.41. The molecule has 84 valence electrons. The molecule has 16 heavy (non-hydrogen) atoms. The molecule has 1 aromatic heterocycles. The van der Waals surface area contributed by atoms with E-state index in [0.29, 0.717) is 11.7 Å². The van der Waals surface area contributed by atoms with Crippen molar-refractivity contribution in [2.24, 2.45) is 0 Å². The normalized spacial score (nSPS) is 10.4. The van der Waals surface area contributed by atoms with E-state index in [4.69, 9.17) is 9.26 Å². The van der Waals surface area contributed by atoms with Crippen LogP contribution in [0.4, 0.5) is 4.39 Å². The maximum atomic E-state index is 13.3. The van der Waals surface area contributed by atoms with Crippen molar-refractivity contribution < 1.29 is 13.7 Å². The molecule has 0 fully saturated rings. The summed E-state index contributed by atoms with van der Waals surface area (Å²) >= 11 is 3.23. The Morgan fingerprint density at radius 1 is 1.50 bits per heavy atom. The largest absolute Gasteiger partial charge is 0.482 e. The molecule has 2 rings (SSSR count). The summed E-state index contributed by atoms with van der Waals surface area (Å²) in [6.45, 7) is 1.75. The number of benzene rings is 1. The first kappa shape index (κ1) is 11.1. The molecule has 4 nitrogen and oxygen atoms in total. The summed E-state index contributed by atoms with van der Waals surface area (Å²) in [4.78, 5) is 3.94. The summed E-state index contributed by atoms with van der Waals surface area (Å²) in [5.74, 6) is 0.561. The van der Waals surface area contributed by atoms with Crippen molar-refractivity contribution in [2.75, 3.05) is 0 Å². The summed E-state index contributed by atoms with van der Waals surface area (Å²) in [5, 5.41) is 3.64. The summed E-state index contributed by atoms with van der Waals surface area (Å²) in [6.07, 6.45) is 0. The lowest BCUT2D eigenvalue weighted by atomic mass is 10.3. The van der Waals surface area contributed by atoms with E-state index in [2.05, 4.69) is 26.1 Å². The number of aryl methyl sites for hydroxylation is 1. The van der Waals surface area contributed by atoms with Crippen molar-refractivity contribution in [1.82, 2.24) is 10.1 Å². The molecule has 0 saturated carbocycles. The predicted octanol–water partition coefficient (Wildman–Crippen LogP) is 2.86. The first-order valence-corrected chi connectivity index (χ1v) is 5.31. The van der Waals surface area contributed by atoms with Crippen LogP contribution in [0, 0.1) is 12.7 Å². The van der Waals surface area contributed by atoms with Gasteiger partial charge in [-0.15, -0.1) is 0 Å². The van der Waals surface area contributed by atoms with Gasteiger partial charge >= 0.3 is 0 Å². The Bertz CT molecular complexity index is 501. The minimum atomic E-state index is -0.427. The van der Waals surface area contributed by atoms with E-state index in [1.54, 1.807) is 19.1 Å².